The number of hydrogen-bond donors (Lipinski definition) is 0. The number of piperazine rings is 1. The fraction of sp³-hybridized carbons (Fsp3) is 0.682. The maximum atomic E-state index is 5.81. The molecule has 0 aliphatic carbocycles. The molecule has 0 unspecified atom stereocenters. The third kappa shape index (κ3) is 4.46. The standard InChI is InChI=1S/C22H34N6O/c1-16(2)21(22-23-24-25-28(22)15-19-6-5-13-29-19)27-11-9-26(10-12-27)20-14-17(3)7-8-18(20)4/h7-8,14,16,19,21H,5-6,9-13,15H2,1-4H3/t19-,21-/m0/s1. The number of tetrazole rings is 1. The topological polar surface area (TPSA) is 59.3 Å². The Morgan fingerprint density at radius 3 is 2.62 bits per heavy atom. The van der Waals surface area contributed by atoms with E-state index >= 15 is 0 Å². The SMILES string of the molecule is Cc1ccc(C)c(N2CCN([C@H](c3nnnn3C[C@@H]3CCCO3)C(C)C)CC2)c1. The van der Waals surface area contributed by atoms with Gasteiger partial charge in [0.1, 0.15) is 0 Å². The van der Waals surface area contributed by atoms with Crippen LogP contribution in [-0.2, 0) is 11.3 Å². The normalized spacial score (nSPS) is 21.8. The molecule has 29 heavy (non-hydrogen) atoms. The van der Waals surface area contributed by atoms with Crippen LogP contribution in [0.3, 0.4) is 0 Å². The lowest BCUT2D eigenvalue weighted by atomic mass is 10.00. The molecule has 1 aromatic carbocycles. The van der Waals surface area contributed by atoms with Crippen LogP contribution in [0.25, 0.3) is 0 Å². The van der Waals surface area contributed by atoms with Crippen molar-refractivity contribution in [3.63, 3.8) is 0 Å². The van der Waals surface area contributed by atoms with E-state index in [2.05, 4.69) is 71.2 Å². The Morgan fingerprint density at radius 2 is 1.93 bits per heavy atom. The van der Waals surface area contributed by atoms with E-state index in [9.17, 15) is 0 Å². The zero-order valence-corrected chi connectivity index (χ0v) is 18.2. The lowest BCUT2D eigenvalue weighted by Gasteiger charge is -2.41. The molecule has 0 bridgehead atoms. The van der Waals surface area contributed by atoms with Gasteiger partial charge in [-0.2, -0.15) is 0 Å². The quantitative estimate of drug-likeness (QED) is 0.746. The highest BCUT2D eigenvalue weighted by Crippen LogP contribution is 2.30. The highest BCUT2D eigenvalue weighted by molar-refractivity contribution is 5.55. The van der Waals surface area contributed by atoms with Gasteiger partial charge < -0.3 is 9.64 Å². The third-order valence-corrected chi connectivity index (χ3v) is 6.27. The minimum absolute atomic E-state index is 0.229. The lowest BCUT2D eigenvalue weighted by Crippen LogP contribution is -2.49. The maximum Gasteiger partial charge on any atom is 0.168 e. The van der Waals surface area contributed by atoms with Gasteiger partial charge in [0.25, 0.3) is 0 Å². The summed E-state index contributed by atoms with van der Waals surface area (Å²) in [5.74, 6) is 1.42. The van der Waals surface area contributed by atoms with E-state index < -0.39 is 0 Å². The molecule has 2 saturated heterocycles. The Morgan fingerprint density at radius 1 is 1.14 bits per heavy atom. The monoisotopic (exact) mass is 398 g/mol. The van der Waals surface area contributed by atoms with Gasteiger partial charge in [0.15, 0.2) is 5.82 Å². The van der Waals surface area contributed by atoms with Crippen LogP contribution in [0.15, 0.2) is 18.2 Å². The van der Waals surface area contributed by atoms with E-state index in [4.69, 9.17) is 4.74 Å². The largest absolute Gasteiger partial charge is 0.376 e. The average Bonchev–Trinajstić information content (AvgIpc) is 3.37. The molecule has 7 nitrogen and oxygen atoms in total. The summed E-state index contributed by atoms with van der Waals surface area (Å²) >= 11 is 0. The van der Waals surface area contributed by atoms with Crippen molar-refractivity contribution < 1.29 is 4.74 Å². The number of hydrogen-bond acceptors (Lipinski definition) is 6. The minimum Gasteiger partial charge on any atom is -0.376 e. The fourth-order valence-electron chi connectivity index (χ4n) is 4.72. The average molecular weight is 399 g/mol. The number of nitrogens with zero attached hydrogens (tertiary/aromatic N) is 6. The highest BCUT2D eigenvalue weighted by atomic mass is 16.5. The summed E-state index contributed by atoms with van der Waals surface area (Å²) in [4.78, 5) is 5.08. The lowest BCUT2D eigenvalue weighted by molar-refractivity contribution is 0.0865. The molecule has 7 heteroatoms. The van der Waals surface area contributed by atoms with E-state index in [-0.39, 0.29) is 12.1 Å². The Balaban J connectivity index is 1.47. The molecular weight excluding hydrogens is 364 g/mol. The van der Waals surface area contributed by atoms with E-state index in [0.717, 1.165) is 58.0 Å². The number of anilines is 1. The summed E-state index contributed by atoms with van der Waals surface area (Å²) in [6.07, 6.45) is 2.47. The van der Waals surface area contributed by atoms with Crippen molar-refractivity contribution in [3.05, 3.63) is 35.2 Å². The first-order chi connectivity index (χ1) is 14.0. The molecule has 2 aromatic rings. The van der Waals surface area contributed by atoms with E-state index in [1.165, 1.54) is 16.8 Å². The van der Waals surface area contributed by atoms with Crippen LogP contribution in [0.5, 0.6) is 0 Å². The van der Waals surface area contributed by atoms with Crippen molar-refractivity contribution in [2.24, 2.45) is 5.92 Å². The first kappa shape index (κ1) is 20.3. The number of aromatic nitrogens is 4. The summed E-state index contributed by atoms with van der Waals surface area (Å²) in [5.41, 5.74) is 4.04. The molecular formula is C22H34N6O. The van der Waals surface area contributed by atoms with Gasteiger partial charge in [-0.15, -0.1) is 5.10 Å². The van der Waals surface area contributed by atoms with Crippen LogP contribution >= 0.6 is 0 Å². The van der Waals surface area contributed by atoms with Gasteiger partial charge in [0.2, 0.25) is 0 Å². The molecule has 158 valence electrons. The van der Waals surface area contributed by atoms with Crippen molar-refractivity contribution in [3.8, 4) is 0 Å². The summed E-state index contributed by atoms with van der Waals surface area (Å²) in [7, 11) is 0. The van der Waals surface area contributed by atoms with Crippen molar-refractivity contribution in [2.45, 2.75) is 59.2 Å². The van der Waals surface area contributed by atoms with E-state index in [1.807, 2.05) is 4.68 Å². The van der Waals surface area contributed by atoms with Crippen LogP contribution in [0.4, 0.5) is 5.69 Å². The van der Waals surface area contributed by atoms with Gasteiger partial charge in [-0.3, -0.25) is 4.90 Å². The van der Waals surface area contributed by atoms with E-state index in [0.29, 0.717) is 5.92 Å². The minimum atomic E-state index is 0.229. The van der Waals surface area contributed by atoms with Gasteiger partial charge >= 0.3 is 0 Å². The molecule has 4 rings (SSSR count). The predicted octanol–water partition coefficient (Wildman–Crippen LogP) is 2.99. The molecule has 2 fully saturated rings. The molecule has 3 heterocycles. The van der Waals surface area contributed by atoms with E-state index in [1.54, 1.807) is 0 Å². The first-order valence-electron chi connectivity index (χ1n) is 11.0. The van der Waals surface area contributed by atoms with Crippen LogP contribution in [0.2, 0.25) is 0 Å². The van der Waals surface area contributed by atoms with Crippen molar-refractivity contribution in [1.29, 1.82) is 0 Å². The number of aryl methyl sites for hydroxylation is 2. The zero-order valence-electron chi connectivity index (χ0n) is 18.2. The zero-order chi connectivity index (χ0) is 20.4. The molecule has 2 aliphatic rings. The van der Waals surface area contributed by atoms with Crippen molar-refractivity contribution >= 4 is 5.69 Å². The Bertz CT molecular complexity index is 805. The van der Waals surface area contributed by atoms with Gasteiger partial charge in [-0.25, -0.2) is 4.68 Å². The Kier molecular flexibility index (Phi) is 6.15. The van der Waals surface area contributed by atoms with Crippen LogP contribution in [0, 0.1) is 19.8 Å². The van der Waals surface area contributed by atoms with Crippen molar-refractivity contribution in [1.82, 2.24) is 25.1 Å². The number of rotatable bonds is 6. The summed E-state index contributed by atoms with van der Waals surface area (Å²) in [6, 6.07) is 6.96. The Hall–Kier alpha value is -1.99. The molecule has 2 aliphatic heterocycles. The molecule has 0 saturated carbocycles. The molecule has 0 spiro atoms. The second kappa shape index (κ2) is 8.79. The van der Waals surface area contributed by atoms with Crippen LogP contribution in [-0.4, -0.2) is 64.0 Å². The van der Waals surface area contributed by atoms with Crippen LogP contribution in [0.1, 0.15) is 49.7 Å². The predicted molar refractivity (Wildman–Crippen MR) is 114 cm³/mol. The fourth-order valence-corrected chi connectivity index (χ4v) is 4.72. The second-order valence-corrected chi connectivity index (χ2v) is 8.86. The molecule has 0 N–H and O–H groups in total. The van der Waals surface area contributed by atoms with Gasteiger partial charge in [0.05, 0.1) is 18.7 Å². The first-order valence-corrected chi connectivity index (χ1v) is 11.0. The summed E-state index contributed by atoms with van der Waals surface area (Å²) in [5, 5.41) is 12.8. The van der Waals surface area contributed by atoms with Crippen LogP contribution < -0.4 is 4.90 Å². The second-order valence-electron chi connectivity index (χ2n) is 8.86. The number of ether oxygens (including phenoxy) is 1. The maximum absolute atomic E-state index is 5.81. The summed E-state index contributed by atoms with van der Waals surface area (Å²) in [6.45, 7) is 14.6. The smallest absolute Gasteiger partial charge is 0.168 e. The van der Waals surface area contributed by atoms with Gasteiger partial charge in [0, 0.05) is 38.5 Å². The number of benzene rings is 1. The molecule has 0 radical (unpaired) electrons. The highest BCUT2D eigenvalue weighted by Gasteiger charge is 2.32. The summed E-state index contributed by atoms with van der Waals surface area (Å²) < 4.78 is 7.80. The Labute approximate surface area is 174 Å². The molecule has 1 aromatic heterocycles. The molecule has 2 atom stereocenters. The third-order valence-electron chi connectivity index (χ3n) is 6.27. The van der Waals surface area contributed by atoms with Gasteiger partial charge in [-0.1, -0.05) is 26.0 Å². The van der Waals surface area contributed by atoms with Gasteiger partial charge in [-0.05, 0) is 60.2 Å². The van der Waals surface area contributed by atoms with Crippen molar-refractivity contribution in [2.75, 3.05) is 37.7 Å². The molecule has 0 amide bonds.